The molecule has 1 aromatic rings. The second kappa shape index (κ2) is 6.74. The van der Waals surface area contributed by atoms with Crippen LogP contribution in [0, 0.1) is 5.92 Å². The van der Waals surface area contributed by atoms with Crippen molar-refractivity contribution in [3.63, 3.8) is 0 Å². The van der Waals surface area contributed by atoms with E-state index in [0.29, 0.717) is 18.1 Å². The predicted octanol–water partition coefficient (Wildman–Crippen LogP) is 4.34. The quantitative estimate of drug-likeness (QED) is 0.787. The fourth-order valence-corrected chi connectivity index (χ4v) is 2.96. The molecular formula is C17H24O2. The first-order valence-electron chi connectivity index (χ1n) is 7.37. The Hall–Kier alpha value is -1.31. The maximum absolute atomic E-state index is 12.3. The van der Waals surface area contributed by atoms with Crippen LogP contribution in [0.1, 0.15) is 56.9 Å². The minimum absolute atomic E-state index is 0.282. The maximum atomic E-state index is 12.3. The minimum atomic E-state index is 0.282. The van der Waals surface area contributed by atoms with Gasteiger partial charge in [-0.2, -0.15) is 0 Å². The highest BCUT2D eigenvalue weighted by molar-refractivity contribution is 5.81. The van der Waals surface area contributed by atoms with Gasteiger partial charge in [-0.3, -0.25) is 4.79 Å². The van der Waals surface area contributed by atoms with Gasteiger partial charge in [-0.25, -0.2) is 0 Å². The van der Waals surface area contributed by atoms with Crippen LogP contribution in [0.5, 0.6) is 5.75 Å². The van der Waals surface area contributed by atoms with Crippen molar-refractivity contribution in [1.82, 2.24) is 0 Å². The summed E-state index contributed by atoms with van der Waals surface area (Å²) in [5, 5.41) is 0. The van der Waals surface area contributed by atoms with E-state index in [1.165, 1.54) is 24.8 Å². The van der Waals surface area contributed by atoms with Crippen molar-refractivity contribution >= 4 is 5.78 Å². The molecule has 2 nitrogen and oxygen atoms in total. The molecule has 0 spiro atoms. The molecule has 1 unspecified atom stereocenters. The normalized spacial score (nSPS) is 18.0. The largest absolute Gasteiger partial charge is 0.497 e. The number of hydrogen-bond donors (Lipinski definition) is 0. The number of carbonyl (C=O) groups is 1. The molecule has 0 heterocycles. The standard InChI is InChI=1S/C17H24O2/c1-13(15-9-6-10-16(12-15)19-2)11-17(18)14-7-4-3-5-8-14/h6,9-10,12-14H,3-5,7-8,11H2,1-2H3. The van der Waals surface area contributed by atoms with Gasteiger partial charge >= 0.3 is 0 Å². The van der Waals surface area contributed by atoms with Crippen molar-refractivity contribution in [2.45, 2.75) is 51.4 Å². The smallest absolute Gasteiger partial charge is 0.136 e. The molecule has 1 aromatic carbocycles. The topological polar surface area (TPSA) is 26.3 Å². The van der Waals surface area contributed by atoms with E-state index in [1.807, 2.05) is 18.2 Å². The van der Waals surface area contributed by atoms with E-state index in [0.717, 1.165) is 18.6 Å². The summed E-state index contributed by atoms with van der Waals surface area (Å²) in [4.78, 5) is 12.3. The van der Waals surface area contributed by atoms with E-state index in [9.17, 15) is 4.79 Å². The first-order chi connectivity index (χ1) is 9.20. The van der Waals surface area contributed by atoms with Crippen LogP contribution in [0.15, 0.2) is 24.3 Å². The highest BCUT2D eigenvalue weighted by Crippen LogP contribution is 2.29. The van der Waals surface area contributed by atoms with Gasteiger partial charge < -0.3 is 4.74 Å². The number of rotatable bonds is 5. The number of ether oxygens (including phenoxy) is 1. The SMILES string of the molecule is COc1cccc(C(C)CC(=O)C2CCCCC2)c1. The molecule has 0 amide bonds. The monoisotopic (exact) mass is 260 g/mol. The lowest BCUT2D eigenvalue weighted by Crippen LogP contribution is -2.19. The lowest BCUT2D eigenvalue weighted by molar-refractivity contribution is -0.124. The Morgan fingerprint density at radius 2 is 2.05 bits per heavy atom. The highest BCUT2D eigenvalue weighted by atomic mass is 16.5. The van der Waals surface area contributed by atoms with Gasteiger partial charge in [0.05, 0.1) is 7.11 Å². The highest BCUT2D eigenvalue weighted by Gasteiger charge is 2.22. The average molecular weight is 260 g/mol. The third-order valence-electron chi connectivity index (χ3n) is 4.23. The molecule has 0 radical (unpaired) electrons. The van der Waals surface area contributed by atoms with Crippen LogP contribution in [-0.2, 0) is 4.79 Å². The summed E-state index contributed by atoms with van der Waals surface area (Å²) in [6.07, 6.45) is 6.62. The summed E-state index contributed by atoms with van der Waals surface area (Å²) in [5.41, 5.74) is 1.20. The minimum Gasteiger partial charge on any atom is -0.497 e. The molecule has 1 atom stereocenters. The second-order valence-electron chi connectivity index (χ2n) is 5.68. The number of benzene rings is 1. The molecule has 1 fully saturated rings. The predicted molar refractivity (Wildman–Crippen MR) is 77.6 cm³/mol. The molecule has 2 heteroatoms. The molecule has 0 N–H and O–H groups in total. The average Bonchev–Trinajstić information content (AvgIpc) is 2.48. The van der Waals surface area contributed by atoms with E-state index >= 15 is 0 Å². The van der Waals surface area contributed by atoms with Gasteiger partial charge in [0.15, 0.2) is 0 Å². The molecule has 0 saturated heterocycles. The van der Waals surface area contributed by atoms with Crippen LogP contribution >= 0.6 is 0 Å². The Kier molecular flexibility index (Phi) is 5.00. The van der Waals surface area contributed by atoms with Crippen LogP contribution in [-0.4, -0.2) is 12.9 Å². The molecule has 104 valence electrons. The Morgan fingerprint density at radius 3 is 2.74 bits per heavy atom. The summed E-state index contributed by atoms with van der Waals surface area (Å²) in [7, 11) is 1.68. The van der Waals surface area contributed by atoms with Crippen LogP contribution < -0.4 is 4.74 Å². The van der Waals surface area contributed by atoms with Gasteiger partial charge in [-0.05, 0) is 36.5 Å². The van der Waals surface area contributed by atoms with Crippen LogP contribution in [0.2, 0.25) is 0 Å². The number of hydrogen-bond acceptors (Lipinski definition) is 2. The Bertz CT molecular complexity index is 419. The van der Waals surface area contributed by atoms with Crippen LogP contribution in [0.4, 0.5) is 0 Å². The molecule has 1 saturated carbocycles. The van der Waals surface area contributed by atoms with Crippen molar-refractivity contribution in [1.29, 1.82) is 0 Å². The lowest BCUT2D eigenvalue weighted by Gasteiger charge is -2.22. The lowest BCUT2D eigenvalue weighted by atomic mass is 9.82. The van der Waals surface area contributed by atoms with Crippen molar-refractivity contribution in [3.05, 3.63) is 29.8 Å². The summed E-state index contributed by atoms with van der Waals surface area (Å²) in [5.74, 6) is 1.93. The third kappa shape index (κ3) is 3.82. The maximum Gasteiger partial charge on any atom is 0.136 e. The Labute approximate surface area is 116 Å². The molecule has 1 aliphatic carbocycles. The summed E-state index contributed by atoms with van der Waals surface area (Å²) in [6.45, 7) is 2.13. The number of Topliss-reactive ketones (excluding diaryl/α,β-unsaturated/α-hetero) is 1. The van der Waals surface area contributed by atoms with E-state index in [1.54, 1.807) is 7.11 Å². The second-order valence-corrected chi connectivity index (χ2v) is 5.68. The molecule has 0 bridgehead atoms. The zero-order chi connectivity index (χ0) is 13.7. The summed E-state index contributed by atoms with van der Waals surface area (Å²) < 4.78 is 5.24. The van der Waals surface area contributed by atoms with E-state index < -0.39 is 0 Å². The van der Waals surface area contributed by atoms with E-state index in [4.69, 9.17) is 4.74 Å². The zero-order valence-corrected chi connectivity index (χ0v) is 12.0. The van der Waals surface area contributed by atoms with Crippen molar-refractivity contribution in [2.75, 3.05) is 7.11 Å². The first kappa shape index (κ1) is 14.1. The van der Waals surface area contributed by atoms with Gasteiger partial charge in [0.2, 0.25) is 0 Å². The molecule has 2 rings (SSSR count). The van der Waals surface area contributed by atoms with Crippen molar-refractivity contribution in [3.8, 4) is 5.75 Å². The first-order valence-corrected chi connectivity index (χ1v) is 7.37. The molecular weight excluding hydrogens is 236 g/mol. The molecule has 1 aliphatic rings. The molecule has 0 aromatic heterocycles. The molecule has 0 aliphatic heterocycles. The van der Waals surface area contributed by atoms with Gasteiger partial charge in [0, 0.05) is 12.3 Å². The third-order valence-corrected chi connectivity index (χ3v) is 4.23. The van der Waals surface area contributed by atoms with Crippen LogP contribution in [0.25, 0.3) is 0 Å². The Morgan fingerprint density at radius 1 is 1.32 bits per heavy atom. The number of ketones is 1. The van der Waals surface area contributed by atoms with Crippen molar-refractivity contribution in [2.24, 2.45) is 5.92 Å². The van der Waals surface area contributed by atoms with Gasteiger partial charge in [0.1, 0.15) is 11.5 Å². The Balaban J connectivity index is 1.95. The van der Waals surface area contributed by atoms with Crippen LogP contribution in [0.3, 0.4) is 0 Å². The summed E-state index contributed by atoms with van der Waals surface area (Å²) >= 11 is 0. The summed E-state index contributed by atoms with van der Waals surface area (Å²) in [6, 6.07) is 8.06. The van der Waals surface area contributed by atoms with E-state index in [2.05, 4.69) is 13.0 Å². The fraction of sp³-hybridized carbons (Fsp3) is 0.588. The van der Waals surface area contributed by atoms with Gasteiger partial charge in [-0.1, -0.05) is 38.3 Å². The zero-order valence-electron chi connectivity index (χ0n) is 12.0. The molecule has 19 heavy (non-hydrogen) atoms. The van der Waals surface area contributed by atoms with Gasteiger partial charge in [-0.15, -0.1) is 0 Å². The fourth-order valence-electron chi connectivity index (χ4n) is 2.96. The van der Waals surface area contributed by atoms with Crippen molar-refractivity contribution < 1.29 is 9.53 Å². The number of methoxy groups -OCH3 is 1. The van der Waals surface area contributed by atoms with E-state index in [-0.39, 0.29) is 5.92 Å². The number of carbonyl (C=O) groups excluding carboxylic acids is 1. The van der Waals surface area contributed by atoms with Gasteiger partial charge in [0.25, 0.3) is 0 Å².